The molecule has 0 aromatic heterocycles. The van der Waals surface area contributed by atoms with Crippen LogP contribution in [-0.2, 0) is 25.2 Å². The van der Waals surface area contributed by atoms with Crippen molar-refractivity contribution in [3.05, 3.63) is 53.6 Å². The van der Waals surface area contributed by atoms with E-state index < -0.39 is 29.6 Å². The molecule has 9 heteroatoms. The Morgan fingerprint density at radius 2 is 1.86 bits per heavy atom. The quantitative estimate of drug-likeness (QED) is 0.736. The molecule has 0 amide bonds. The van der Waals surface area contributed by atoms with E-state index in [-0.39, 0.29) is 31.5 Å². The zero-order valence-electron chi connectivity index (χ0n) is 14.5. The number of carbonyl (C=O) groups is 2. The van der Waals surface area contributed by atoms with E-state index in [1.165, 1.54) is 17.0 Å². The van der Waals surface area contributed by atoms with Crippen molar-refractivity contribution in [2.75, 3.05) is 13.1 Å². The van der Waals surface area contributed by atoms with Crippen molar-refractivity contribution in [3.63, 3.8) is 0 Å². The average Bonchev–Trinajstić information content (AvgIpc) is 2.78. The van der Waals surface area contributed by atoms with Crippen molar-refractivity contribution >= 4 is 17.5 Å². The predicted octanol–water partition coefficient (Wildman–Crippen LogP) is 3.02. The smallest absolute Gasteiger partial charge is 0.405 e. The lowest BCUT2D eigenvalue weighted by Gasteiger charge is -2.43. The van der Waals surface area contributed by atoms with E-state index in [0.717, 1.165) is 24.3 Å². The molecule has 0 saturated carbocycles. The number of esters is 2. The van der Waals surface area contributed by atoms with Gasteiger partial charge in [-0.05, 0) is 23.3 Å². The predicted molar refractivity (Wildman–Crippen MR) is 89.9 cm³/mol. The highest BCUT2D eigenvalue weighted by Gasteiger charge is 2.48. The summed E-state index contributed by atoms with van der Waals surface area (Å²) in [5.74, 6) is -3.47. The third-order valence-electron chi connectivity index (χ3n) is 4.38. The van der Waals surface area contributed by atoms with Crippen LogP contribution in [0.1, 0.15) is 24.0 Å². The highest BCUT2D eigenvalue weighted by molar-refractivity contribution is 5.93. The van der Waals surface area contributed by atoms with Gasteiger partial charge in [0.1, 0.15) is 0 Å². The summed E-state index contributed by atoms with van der Waals surface area (Å²) < 4.78 is 49.8. The Bertz CT molecular complexity index is 879. The fraction of sp³-hybridized carbons (Fsp3) is 0.316. The van der Waals surface area contributed by atoms with Gasteiger partial charge < -0.3 is 9.47 Å². The zero-order valence-corrected chi connectivity index (χ0v) is 14.5. The van der Waals surface area contributed by atoms with Crippen LogP contribution in [0, 0.1) is 11.3 Å². The molecule has 0 fully saturated rings. The minimum Gasteiger partial charge on any atom is -0.405 e. The van der Waals surface area contributed by atoms with Gasteiger partial charge in [0, 0.05) is 31.7 Å². The van der Waals surface area contributed by atoms with Gasteiger partial charge >= 0.3 is 24.0 Å². The zero-order chi connectivity index (χ0) is 20.4. The Hall–Kier alpha value is -3.12. The molecule has 0 atom stereocenters. The summed E-state index contributed by atoms with van der Waals surface area (Å²) in [5, 5.41) is 8.85. The highest BCUT2D eigenvalue weighted by Crippen LogP contribution is 2.39. The van der Waals surface area contributed by atoms with Crippen LogP contribution in [0.3, 0.4) is 0 Å². The number of halogens is 3. The second-order valence-corrected chi connectivity index (χ2v) is 6.23. The summed E-state index contributed by atoms with van der Waals surface area (Å²) in [7, 11) is 0. The van der Waals surface area contributed by atoms with Crippen LogP contribution < -0.4 is 0 Å². The number of rotatable bonds is 3. The van der Waals surface area contributed by atoms with Gasteiger partial charge in [0.05, 0.1) is 18.1 Å². The molecule has 3 rings (SSSR count). The van der Waals surface area contributed by atoms with Gasteiger partial charge in [-0.25, -0.2) is 14.5 Å². The van der Waals surface area contributed by atoms with Gasteiger partial charge in [-0.1, -0.05) is 18.2 Å². The molecule has 6 nitrogen and oxygen atoms in total. The summed E-state index contributed by atoms with van der Waals surface area (Å²) in [4.78, 5) is 25.4. The maximum Gasteiger partial charge on any atom is 0.416 e. The van der Waals surface area contributed by atoms with Crippen molar-refractivity contribution in [1.29, 1.82) is 5.26 Å². The monoisotopic (exact) mass is 392 g/mol. The second kappa shape index (κ2) is 7.48. The largest absolute Gasteiger partial charge is 0.416 e. The third kappa shape index (κ3) is 4.07. The lowest BCUT2D eigenvalue weighted by molar-refractivity contribution is -0.279. The number of nitriles is 1. The molecule has 2 aliphatic rings. The number of hydrogen-bond acceptors (Lipinski definition) is 6. The normalized spacial score (nSPS) is 19.4. The standard InChI is InChI=1S/C19H15F3N2O4/c20-19(21,22)15-4-1-3-13(11-15)14-7-10-24(9-2-8-23)18(12-14)27-16(25)5-6-17(26)28-18/h1,3-7,11H,2,9-10,12H2. The summed E-state index contributed by atoms with van der Waals surface area (Å²) >= 11 is 0. The second-order valence-electron chi connectivity index (χ2n) is 6.23. The van der Waals surface area contributed by atoms with Crippen molar-refractivity contribution in [1.82, 2.24) is 4.90 Å². The summed E-state index contributed by atoms with van der Waals surface area (Å²) in [6.07, 6.45) is -1.09. The fourth-order valence-corrected chi connectivity index (χ4v) is 3.09. The van der Waals surface area contributed by atoms with Gasteiger partial charge in [0.25, 0.3) is 0 Å². The lowest BCUT2D eigenvalue weighted by Crippen LogP contribution is -2.56. The number of nitrogens with zero attached hydrogens (tertiary/aromatic N) is 2. The Kier molecular flexibility index (Phi) is 5.25. The molecule has 0 unspecified atom stereocenters. The fourth-order valence-electron chi connectivity index (χ4n) is 3.09. The summed E-state index contributed by atoms with van der Waals surface area (Å²) in [5.41, 5.74) is -0.108. The van der Waals surface area contributed by atoms with Gasteiger partial charge in [-0.15, -0.1) is 0 Å². The van der Waals surface area contributed by atoms with E-state index in [0.29, 0.717) is 5.57 Å². The molecular weight excluding hydrogens is 377 g/mol. The average molecular weight is 392 g/mol. The Labute approximate surface area is 158 Å². The van der Waals surface area contributed by atoms with E-state index in [9.17, 15) is 22.8 Å². The summed E-state index contributed by atoms with van der Waals surface area (Å²) in [6.45, 7) is 0.261. The molecule has 1 aromatic rings. The van der Waals surface area contributed by atoms with Gasteiger partial charge in [-0.3, -0.25) is 0 Å². The maximum absolute atomic E-state index is 13.0. The third-order valence-corrected chi connectivity index (χ3v) is 4.38. The van der Waals surface area contributed by atoms with E-state index in [2.05, 4.69) is 0 Å². The number of benzene rings is 1. The van der Waals surface area contributed by atoms with Crippen LogP contribution in [0.4, 0.5) is 13.2 Å². The molecule has 0 N–H and O–H groups in total. The minimum absolute atomic E-state index is 0.0804. The molecule has 28 heavy (non-hydrogen) atoms. The van der Waals surface area contributed by atoms with Gasteiger partial charge in [0.2, 0.25) is 0 Å². The number of alkyl halides is 3. The maximum atomic E-state index is 13.0. The first-order valence-electron chi connectivity index (χ1n) is 8.36. The lowest BCUT2D eigenvalue weighted by atomic mass is 9.95. The first-order valence-corrected chi connectivity index (χ1v) is 8.36. The number of ether oxygens (including phenoxy) is 2. The Morgan fingerprint density at radius 1 is 1.18 bits per heavy atom. The topological polar surface area (TPSA) is 79.6 Å². The van der Waals surface area contributed by atoms with E-state index in [1.807, 2.05) is 6.07 Å². The van der Waals surface area contributed by atoms with Crippen LogP contribution >= 0.6 is 0 Å². The summed E-state index contributed by atoms with van der Waals surface area (Å²) in [6, 6.07) is 6.68. The van der Waals surface area contributed by atoms with Crippen LogP contribution in [-0.4, -0.2) is 35.8 Å². The molecule has 0 bridgehead atoms. The molecule has 2 heterocycles. The molecule has 1 aromatic carbocycles. The van der Waals surface area contributed by atoms with Crippen molar-refractivity contribution in [2.45, 2.75) is 24.9 Å². The van der Waals surface area contributed by atoms with Crippen LogP contribution in [0.25, 0.3) is 5.57 Å². The van der Waals surface area contributed by atoms with E-state index >= 15 is 0 Å². The van der Waals surface area contributed by atoms with Crippen LogP contribution in [0.5, 0.6) is 0 Å². The Balaban J connectivity index is 1.98. The van der Waals surface area contributed by atoms with E-state index in [4.69, 9.17) is 14.7 Å². The SMILES string of the molecule is N#CCCN1CC=C(c2cccc(C(F)(F)F)c2)CC12OC(=O)C=CC(=O)O2. The molecule has 2 aliphatic heterocycles. The molecular formula is C19H15F3N2O4. The van der Waals surface area contributed by atoms with Gasteiger partial charge in [0.15, 0.2) is 0 Å². The molecule has 146 valence electrons. The van der Waals surface area contributed by atoms with Crippen molar-refractivity contribution in [3.8, 4) is 6.07 Å². The van der Waals surface area contributed by atoms with Crippen LogP contribution in [0.15, 0.2) is 42.5 Å². The van der Waals surface area contributed by atoms with Crippen molar-refractivity contribution < 1.29 is 32.2 Å². The first-order chi connectivity index (χ1) is 13.2. The molecule has 1 spiro atoms. The van der Waals surface area contributed by atoms with Crippen LogP contribution in [0.2, 0.25) is 0 Å². The van der Waals surface area contributed by atoms with E-state index in [1.54, 1.807) is 6.08 Å². The molecule has 0 radical (unpaired) electrons. The van der Waals surface area contributed by atoms with Crippen molar-refractivity contribution in [2.24, 2.45) is 0 Å². The Morgan fingerprint density at radius 3 is 2.46 bits per heavy atom. The number of carbonyl (C=O) groups excluding carboxylic acids is 2. The molecule has 0 saturated heterocycles. The number of hydrogen-bond donors (Lipinski definition) is 0. The highest BCUT2D eigenvalue weighted by atomic mass is 19.4. The first kappa shape index (κ1) is 19.6. The van der Waals surface area contributed by atoms with Gasteiger partial charge in [-0.2, -0.15) is 18.4 Å². The minimum atomic E-state index is -4.51. The molecule has 0 aliphatic carbocycles.